The molecule has 168 valence electrons. The Bertz CT molecular complexity index is 1120. The van der Waals surface area contributed by atoms with Crippen LogP contribution in [0.2, 0.25) is 0 Å². The number of nitrogens with zero attached hydrogens (tertiary/aromatic N) is 4. The minimum Gasteiger partial charge on any atom is -0.311 e. The molecule has 1 saturated heterocycles. The fraction of sp³-hybridized carbons (Fsp3) is 0.286. The van der Waals surface area contributed by atoms with Crippen LogP contribution in [0.5, 0.6) is 0 Å². The average molecular weight is 438 g/mol. The van der Waals surface area contributed by atoms with Crippen LogP contribution >= 0.6 is 0 Å². The van der Waals surface area contributed by atoms with Gasteiger partial charge in [0.15, 0.2) is 0 Å². The van der Waals surface area contributed by atoms with Crippen LogP contribution < -0.4 is 5.32 Å². The van der Waals surface area contributed by atoms with E-state index in [2.05, 4.69) is 82.1 Å². The van der Waals surface area contributed by atoms with Gasteiger partial charge in [0.25, 0.3) is 0 Å². The first-order valence-electron chi connectivity index (χ1n) is 11.9. The lowest BCUT2D eigenvalue weighted by Gasteiger charge is -2.28. The maximum Gasteiger partial charge on any atom is 0.0983 e. The Morgan fingerprint density at radius 3 is 2.36 bits per heavy atom. The molecule has 0 bridgehead atoms. The van der Waals surface area contributed by atoms with E-state index in [1.165, 1.54) is 42.6 Å². The first kappa shape index (κ1) is 21.6. The van der Waals surface area contributed by atoms with E-state index < -0.39 is 0 Å². The molecule has 4 aromatic rings. The highest BCUT2D eigenvalue weighted by atomic mass is 15.3. The Kier molecular flexibility index (Phi) is 6.90. The van der Waals surface area contributed by atoms with Crippen LogP contribution in [0.15, 0.2) is 91.4 Å². The summed E-state index contributed by atoms with van der Waals surface area (Å²) in [6.07, 6.45) is 8.47. The Morgan fingerprint density at radius 1 is 0.879 bits per heavy atom. The van der Waals surface area contributed by atoms with Gasteiger partial charge < -0.3 is 5.32 Å². The fourth-order valence-corrected chi connectivity index (χ4v) is 4.72. The van der Waals surface area contributed by atoms with Gasteiger partial charge in [0.1, 0.15) is 0 Å². The topological polar surface area (TPSA) is 46.0 Å². The van der Waals surface area contributed by atoms with E-state index in [-0.39, 0.29) is 0 Å². The SMILES string of the molecule is c1ccc(Cn2cc(CNCC(c3ccccc3)N3CCCC3)c(-c3cccnc3)n2)cc1. The number of pyridine rings is 1. The molecule has 2 aromatic carbocycles. The summed E-state index contributed by atoms with van der Waals surface area (Å²) >= 11 is 0. The summed E-state index contributed by atoms with van der Waals surface area (Å²) in [5, 5.41) is 8.68. The van der Waals surface area contributed by atoms with Gasteiger partial charge >= 0.3 is 0 Å². The van der Waals surface area contributed by atoms with Crippen molar-refractivity contribution in [3.05, 3.63) is 108 Å². The minimum atomic E-state index is 0.398. The van der Waals surface area contributed by atoms with Gasteiger partial charge in [-0.1, -0.05) is 60.7 Å². The molecule has 0 spiro atoms. The molecule has 1 unspecified atom stereocenters. The molecule has 1 N–H and O–H groups in total. The maximum absolute atomic E-state index is 4.94. The van der Waals surface area contributed by atoms with Crippen molar-refractivity contribution in [1.29, 1.82) is 0 Å². The zero-order chi connectivity index (χ0) is 22.3. The van der Waals surface area contributed by atoms with Crippen molar-refractivity contribution in [1.82, 2.24) is 25.0 Å². The lowest BCUT2D eigenvalue weighted by Crippen LogP contribution is -2.34. The number of benzene rings is 2. The summed E-state index contributed by atoms with van der Waals surface area (Å²) in [6.45, 7) is 4.80. The van der Waals surface area contributed by atoms with Crippen molar-refractivity contribution in [2.24, 2.45) is 0 Å². The Hall–Kier alpha value is -3.28. The second-order valence-corrected chi connectivity index (χ2v) is 8.73. The normalized spacial score (nSPS) is 15.0. The Labute approximate surface area is 196 Å². The Balaban J connectivity index is 1.34. The smallest absolute Gasteiger partial charge is 0.0983 e. The zero-order valence-electron chi connectivity index (χ0n) is 19.0. The second-order valence-electron chi connectivity index (χ2n) is 8.73. The number of rotatable bonds is 9. The summed E-state index contributed by atoms with van der Waals surface area (Å²) in [5.74, 6) is 0. The molecule has 2 aromatic heterocycles. The van der Waals surface area contributed by atoms with Gasteiger partial charge in [-0.15, -0.1) is 0 Å². The van der Waals surface area contributed by atoms with Crippen LogP contribution in [-0.4, -0.2) is 39.3 Å². The van der Waals surface area contributed by atoms with Crippen molar-refractivity contribution in [3.63, 3.8) is 0 Å². The molecule has 5 rings (SSSR count). The van der Waals surface area contributed by atoms with Gasteiger partial charge in [-0.3, -0.25) is 14.6 Å². The van der Waals surface area contributed by atoms with Crippen LogP contribution in [0.3, 0.4) is 0 Å². The quantitative estimate of drug-likeness (QED) is 0.404. The fourth-order valence-electron chi connectivity index (χ4n) is 4.72. The highest BCUT2D eigenvalue weighted by molar-refractivity contribution is 5.61. The summed E-state index contributed by atoms with van der Waals surface area (Å²) in [5.41, 5.74) is 5.89. The van der Waals surface area contributed by atoms with Gasteiger partial charge in [-0.2, -0.15) is 5.10 Å². The number of aromatic nitrogens is 3. The third-order valence-corrected chi connectivity index (χ3v) is 6.38. The van der Waals surface area contributed by atoms with Crippen molar-refractivity contribution in [3.8, 4) is 11.3 Å². The van der Waals surface area contributed by atoms with Crippen LogP contribution in [0.1, 0.15) is 35.6 Å². The predicted octanol–water partition coefficient (Wildman–Crippen LogP) is 4.92. The molecule has 1 aliphatic heterocycles. The van der Waals surface area contributed by atoms with Crippen molar-refractivity contribution in [2.75, 3.05) is 19.6 Å². The third-order valence-electron chi connectivity index (χ3n) is 6.38. The third kappa shape index (κ3) is 5.38. The minimum absolute atomic E-state index is 0.398. The van der Waals surface area contributed by atoms with E-state index in [1.54, 1.807) is 0 Å². The van der Waals surface area contributed by atoms with Crippen molar-refractivity contribution >= 4 is 0 Å². The van der Waals surface area contributed by atoms with Crippen LogP contribution in [0.25, 0.3) is 11.3 Å². The molecule has 0 radical (unpaired) electrons. The summed E-state index contributed by atoms with van der Waals surface area (Å²) < 4.78 is 2.05. The first-order chi connectivity index (χ1) is 16.4. The lowest BCUT2D eigenvalue weighted by atomic mass is 10.1. The first-order valence-corrected chi connectivity index (χ1v) is 11.9. The van der Waals surface area contributed by atoms with E-state index >= 15 is 0 Å². The maximum atomic E-state index is 4.94. The van der Waals surface area contributed by atoms with Crippen LogP contribution in [0.4, 0.5) is 0 Å². The summed E-state index contributed by atoms with van der Waals surface area (Å²) in [7, 11) is 0. The van der Waals surface area contributed by atoms with E-state index in [4.69, 9.17) is 5.10 Å². The molecule has 3 heterocycles. The van der Waals surface area contributed by atoms with Gasteiger partial charge in [-0.05, 0) is 49.2 Å². The second kappa shape index (κ2) is 10.6. The molecule has 5 heteroatoms. The highest BCUT2D eigenvalue weighted by Crippen LogP contribution is 2.25. The highest BCUT2D eigenvalue weighted by Gasteiger charge is 2.23. The van der Waals surface area contributed by atoms with Gasteiger partial charge in [0.05, 0.1) is 12.2 Å². The van der Waals surface area contributed by atoms with E-state index in [0.29, 0.717) is 6.04 Å². The lowest BCUT2D eigenvalue weighted by molar-refractivity contribution is 0.238. The summed E-state index contributed by atoms with van der Waals surface area (Å²) in [6, 6.07) is 25.8. The molecule has 33 heavy (non-hydrogen) atoms. The van der Waals surface area contributed by atoms with Gasteiger partial charge in [-0.25, -0.2) is 0 Å². The molecule has 0 amide bonds. The molecule has 1 aliphatic rings. The van der Waals surface area contributed by atoms with Crippen molar-refractivity contribution in [2.45, 2.75) is 32.0 Å². The van der Waals surface area contributed by atoms with Gasteiger partial charge in [0, 0.05) is 48.8 Å². The largest absolute Gasteiger partial charge is 0.311 e. The van der Waals surface area contributed by atoms with E-state index in [1.807, 2.05) is 29.2 Å². The molecule has 0 saturated carbocycles. The molecule has 1 atom stereocenters. The van der Waals surface area contributed by atoms with Gasteiger partial charge in [0.2, 0.25) is 0 Å². The van der Waals surface area contributed by atoms with Crippen LogP contribution in [0, 0.1) is 0 Å². The number of nitrogens with one attached hydrogen (secondary N) is 1. The Morgan fingerprint density at radius 2 is 1.64 bits per heavy atom. The van der Waals surface area contributed by atoms with E-state index in [9.17, 15) is 0 Å². The number of hydrogen-bond donors (Lipinski definition) is 1. The molecule has 0 aliphatic carbocycles. The predicted molar refractivity (Wildman–Crippen MR) is 133 cm³/mol. The van der Waals surface area contributed by atoms with Crippen molar-refractivity contribution < 1.29 is 0 Å². The standard InChI is InChI=1S/C28H31N5/c1-3-10-23(11-4-1)21-33-22-26(28(31-33)25-14-9-15-29-18-25)19-30-20-27(32-16-7-8-17-32)24-12-5-2-6-13-24/h1-6,9-15,18,22,27,30H,7-8,16-17,19-21H2. The number of likely N-dealkylation sites (tertiary alicyclic amines) is 1. The molecule has 1 fully saturated rings. The monoisotopic (exact) mass is 437 g/mol. The molecular weight excluding hydrogens is 406 g/mol. The van der Waals surface area contributed by atoms with Crippen LogP contribution in [-0.2, 0) is 13.1 Å². The number of hydrogen-bond acceptors (Lipinski definition) is 4. The zero-order valence-corrected chi connectivity index (χ0v) is 19.0. The summed E-state index contributed by atoms with van der Waals surface area (Å²) in [4.78, 5) is 6.93. The average Bonchev–Trinajstić information content (AvgIpc) is 3.54. The van der Waals surface area contributed by atoms with E-state index in [0.717, 1.165) is 30.9 Å². The molecular formula is C28H31N5. The molecule has 5 nitrogen and oxygen atoms in total.